The summed E-state index contributed by atoms with van der Waals surface area (Å²) in [6, 6.07) is 24.4. The molecule has 7 nitrogen and oxygen atoms in total. The van der Waals surface area contributed by atoms with Crippen LogP contribution in [0.3, 0.4) is 0 Å². The number of ether oxygens (including phenoxy) is 1. The molecule has 162 valence electrons. The number of aromatic nitrogens is 4. The molecule has 0 aliphatic rings. The van der Waals surface area contributed by atoms with E-state index in [0.29, 0.717) is 22.9 Å². The number of carbonyl (C=O) groups is 1. The predicted octanol–water partition coefficient (Wildman–Crippen LogP) is 5.05. The number of benzene rings is 2. The van der Waals surface area contributed by atoms with Gasteiger partial charge in [-0.2, -0.15) is 9.78 Å². The molecule has 0 aliphatic carbocycles. The number of hydrogen-bond acceptors (Lipinski definition) is 5. The van der Waals surface area contributed by atoms with E-state index < -0.39 is 0 Å². The fraction of sp³-hybridized carbons (Fsp3) is 0.0769. The molecule has 33 heavy (non-hydrogen) atoms. The quantitative estimate of drug-likeness (QED) is 0.418. The second-order valence-corrected chi connectivity index (χ2v) is 7.53. The molecule has 0 bridgehead atoms. The van der Waals surface area contributed by atoms with Gasteiger partial charge in [-0.15, -0.1) is 0 Å². The average molecular weight is 435 g/mol. The zero-order valence-electron chi connectivity index (χ0n) is 18.2. The average Bonchev–Trinajstić information content (AvgIpc) is 3.23. The first kappa shape index (κ1) is 20.4. The van der Waals surface area contributed by atoms with Crippen molar-refractivity contribution in [2.24, 2.45) is 0 Å². The van der Waals surface area contributed by atoms with Crippen LogP contribution in [-0.2, 0) is 0 Å². The van der Waals surface area contributed by atoms with E-state index in [1.807, 2.05) is 85.8 Å². The first-order chi connectivity index (χ1) is 16.1. The zero-order chi connectivity index (χ0) is 22.8. The highest BCUT2D eigenvalue weighted by Gasteiger charge is 2.17. The van der Waals surface area contributed by atoms with E-state index in [9.17, 15) is 4.79 Å². The number of carbonyl (C=O) groups excluding carboxylic acids is 1. The Morgan fingerprint density at radius 2 is 1.76 bits per heavy atom. The molecular weight excluding hydrogens is 414 g/mol. The molecule has 0 aliphatic heterocycles. The highest BCUT2D eigenvalue weighted by atomic mass is 16.5. The Balaban J connectivity index is 1.56. The van der Waals surface area contributed by atoms with Crippen LogP contribution < -0.4 is 10.1 Å². The third kappa shape index (κ3) is 4.04. The number of nitrogens with zero attached hydrogens (tertiary/aromatic N) is 4. The summed E-state index contributed by atoms with van der Waals surface area (Å²) >= 11 is 0. The Morgan fingerprint density at radius 1 is 0.970 bits per heavy atom. The standard InChI is InChI=1S/C26H21N5O2/c1-17-15-25(31(30-17)24-9-5-6-14-27-24)29-26(32)21-16-23(18-10-12-19(33-2)13-11-18)28-22-8-4-3-7-20(21)22/h3-16H,1-2H3,(H,29,32). The molecule has 0 saturated carbocycles. The smallest absolute Gasteiger partial charge is 0.257 e. The van der Waals surface area contributed by atoms with Crippen LogP contribution in [0.2, 0.25) is 0 Å². The van der Waals surface area contributed by atoms with Crippen molar-refractivity contribution in [1.29, 1.82) is 0 Å². The molecule has 3 aromatic heterocycles. The molecule has 0 radical (unpaired) electrons. The summed E-state index contributed by atoms with van der Waals surface area (Å²) in [7, 11) is 1.63. The Kier molecular flexibility index (Phi) is 5.28. The third-order valence-corrected chi connectivity index (χ3v) is 5.29. The van der Waals surface area contributed by atoms with Crippen LogP contribution in [0.1, 0.15) is 16.1 Å². The molecule has 0 saturated heterocycles. The summed E-state index contributed by atoms with van der Waals surface area (Å²) in [5.74, 6) is 1.68. The van der Waals surface area contributed by atoms with Crippen molar-refractivity contribution in [2.75, 3.05) is 12.4 Å². The van der Waals surface area contributed by atoms with Crippen LogP contribution in [0.5, 0.6) is 5.75 Å². The van der Waals surface area contributed by atoms with Crippen LogP contribution in [0.15, 0.2) is 85.1 Å². The number of anilines is 1. The van der Waals surface area contributed by atoms with Gasteiger partial charge >= 0.3 is 0 Å². The molecule has 1 amide bonds. The molecule has 2 aromatic carbocycles. The Bertz CT molecular complexity index is 1440. The van der Waals surface area contributed by atoms with Crippen molar-refractivity contribution in [2.45, 2.75) is 6.92 Å². The SMILES string of the molecule is COc1ccc(-c2cc(C(=O)Nc3cc(C)nn3-c3ccccn3)c3ccccc3n2)cc1. The molecule has 7 heteroatoms. The highest BCUT2D eigenvalue weighted by Crippen LogP contribution is 2.27. The number of fused-ring (bicyclic) bond motifs is 1. The number of amides is 1. The number of aryl methyl sites for hydroxylation is 1. The van der Waals surface area contributed by atoms with Crippen LogP contribution in [0.25, 0.3) is 28.0 Å². The number of para-hydroxylation sites is 1. The van der Waals surface area contributed by atoms with Crippen LogP contribution in [0.4, 0.5) is 5.82 Å². The molecule has 0 unspecified atom stereocenters. The van der Waals surface area contributed by atoms with E-state index in [0.717, 1.165) is 27.9 Å². The topological polar surface area (TPSA) is 81.9 Å². The molecule has 0 spiro atoms. The summed E-state index contributed by atoms with van der Waals surface area (Å²) in [6.07, 6.45) is 1.69. The monoisotopic (exact) mass is 435 g/mol. The number of hydrogen-bond donors (Lipinski definition) is 1. The molecule has 1 N–H and O–H groups in total. The summed E-state index contributed by atoms with van der Waals surface area (Å²) < 4.78 is 6.88. The molecule has 5 aromatic rings. The summed E-state index contributed by atoms with van der Waals surface area (Å²) in [4.78, 5) is 22.6. The number of rotatable bonds is 5. The van der Waals surface area contributed by atoms with Gasteiger partial charge in [0.05, 0.1) is 29.6 Å². The van der Waals surface area contributed by atoms with Crippen molar-refractivity contribution in [1.82, 2.24) is 19.7 Å². The van der Waals surface area contributed by atoms with Gasteiger partial charge in [-0.3, -0.25) is 4.79 Å². The summed E-state index contributed by atoms with van der Waals surface area (Å²) in [5, 5.41) is 8.27. The Labute approximate surface area is 190 Å². The lowest BCUT2D eigenvalue weighted by Crippen LogP contribution is -2.16. The minimum Gasteiger partial charge on any atom is -0.497 e. The van der Waals surface area contributed by atoms with Crippen molar-refractivity contribution >= 4 is 22.6 Å². The van der Waals surface area contributed by atoms with Gasteiger partial charge in [0.25, 0.3) is 5.91 Å². The number of pyridine rings is 2. The molecule has 0 atom stereocenters. The lowest BCUT2D eigenvalue weighted by Gasteiger charge is -2.12. The van der Waals surface area contributed by atoms with Crippen LogP contribution in [-0.4, -0.2) is 32.8 Å². The maximum Gasteiger partial charge on any atom is 0.257 e. The third-order valence-electron chi connectivity index (χ3n) is 5.29. The predicted molar refractivity (Wildman–Crippen MR) is 128 cm³/mol. The zero-order valence-corrected chi connectivity index (χ0v) is 18.2. The first-order valence-electron chi connectivity index (χ1n) is 10.5. The van der Waals surface area contributed by atoms with E-state index in [1.54, 1.807) is 18.0 Å². The highest BCUT2D eigenvalue weighted by molar-refractivity contribution is 6.13. The van der Waals surface area contributed by atoms with Gasteiger partial charge in [0, 0.05) is 23.2 Å². The normalized spacial score (nSPS) is 10.8. The fourth-order valence-corrected chi connectivity index (χ4v) is 3.70. The molecule has 3 heterocycles. The van der Waals surface area contributed by atoms with Gasteiger partial charge in [-0.05, 0) is 55.5 Å². The lowest BCUT2D eigenvalue weighted by atomic mass is 10.0. The second kappa shape index (κ2) is 8.55. The van der Waals surface area contributed by atoms with Crippen molar-refractivity contribution < 1.29 is 9.53 Å². The van der Waals surface area contributed by atoms with Crippen LogP contribution in [0, 0.1) is 6.92 Å². The maximum absolute atomic E-state index is 13.5. The van der Waals surface area contributed by atoms with Gasteiger partial charge in [0.1, 0.15) is 11.6 Å². The van der Waals surface area contributed by atoms with Gasteiger partial charge in [-0.1, -0.05) is 24.3 Å². The number of nitrogens with one attached hydrogen (secondary N) is 1. The minimum absolute atomic E-state index is 0.250. The Morgan fingerprint density at radius 3 is 2.52 bits per heavy atom. The molecular formula is C26H21N5O2. The Hall–Kier alpha value is -4.52. The summed E-state index contributed by atoms with van der Waals surface area (Å²) in [5.41, 5.74) is 3.64. The first-order valence-corrected chi connectivity index (χ1v) is 10.5. The second-order valence-electron chi connectivity index (χ2n) is 7.53. The van der Waals surface area contributed by atoms with E-state index in [1.165, 1.54) is 0 Å². The molecule has 0 fully saturated rings. The van der Waals surface area contributed by atoms with E-state index in [-0.39, 0.29) is 5.91 Å². The van der Waals surface area contributed by atoms with Gasteiger partial charge in [-0.25, -0.2) is 9.97 Å². The van der Waals surface area contributed by atoms with E-state index in [4.69, 9.17) is 9.72 Å². The van der Waals surface area contributed by atoms with E-state index in [2.05, 4.69) is 15.4 Å². The summed E-state index contributed by atoms with van der Waals surface area (Å²) in [6.45, 7) is 1.87. The van der Waals surface area contributed by atoms with Crippen LogP contribution >= 0.6 is 0 Å². The maximum atomic E-state index is 13.5. The lowest BCUT2D eigenvalue weighted by molar-refractivity contribution is 0.102. The van der Waals surface area contributed by atoms with Gasteiger partial charge in [0.2, 0.25) is 0 Å². The fourth-order valence-electron chi connectivity index (χ4n) is 3.70. The molecule has 5 rings (SSSR count). The van der Waals surface area contributed by atoms with Crippen molar-refractivity contribution in [3.63, 3.8) is 0 Å². The van der Waals surface area contributed by atoms with Gasteiger partial charge in [0.15, 0.2) is 5.82 Å². The number of methoxy groups -OCH3 is 1. The largest absolute Gasteiger partial charge is 0.497 e. The van der Waals surface area contributed by atoms with Gasteiger partial charge < -0.3 is 10.1 Å². The minimum atomic E-state index is -0.250. The van der Waals surface area contributed by atoms with Crippen molar-refractivity contribution in [3.05, 3.63) is 96.3 Å². The van der Waals surface area contributed by atoms with Crippen molar-refractivity contribution in [3.8, 4) is 22.8 Å². The van der Waals surface area contributed by atoms with E-state index >= 15 is 0 Å².